The molecule has 0 spiro atoms. The quantitative estimate of drug-likeness (QED) is 0.800. The molecule has 20 heavy (non-hydrogen) atoms. The number of hydrogen-bond donors (Lipinski definition) is 1. The number of carbonyl (C=O) groups is 1. The van der Waals surface area contributed by atoms with E-state index in [1.54, 1.807) is 30.0 Å². The third-order valence-corrected chi connectivity index (χ3v) is 4.30. The van der Waals surface area contributed by atoms with Gasteiger partial charge in [-0.1, -0.05) is 26.0 Å². The van der Waals surface area contributed by atoms with Crippen LogP contribution in [0.4, 0.5) is 10.1 Å². The van der Waals surface area contributed by atoms with Crippen LogP contribution in [0.25, 0.3) is 0 Å². The van der Waals surface area contributed by atoms with Crippen LogP contribution in [0, 0.1) is 5.82 Å². The van der Waals surface area contributed by atoms with Crippen molar-refractivity contribution in [3.05, 3.63) is 30.1 Å². The highest BCUT2D eigenvalue weighted by molar-refractivity contribution is 8.00. The van der Waals surface area contributed by atoms with Gasteiger partial charge in [-0.2, -0.15) is 0 Å². The molecule has 0 aliphatic carbocycles. The lowest BCUT2D eigenvalue weighted by atomic mass is 10.3. The molecule has 1 rings (SSSR count). The van der Waals surface area contributed by atoms with Crippen LogP contribution in [0.3, 0.4) is 0 Å². The molecule has 0 saturated carbocycles. The minimum atomic E-state index is -0.402. The first-order chi connectivity index (χ1) is 9.58. The van der Waals surface area contributed by atoms with Crippen molar-refractivity contribution in [2.24, 2.45) is 0 Å². The van der Waals surface area contributed by atoms with Gasteiger partial charge in [0.25, 0.3) is 0 Å². The van der Waals surface area contributed by atoms with Crippen molar-refractivity contribution in [2.45, 2.75) is 26.0 Å². The summed E-state index contributed by atoms with van der Waals surface area (Å²) in [5.74, 6) is 0.342. The molecule has 1 unspecified atom stereocenters. The molecule has 0 aliphatic rings. The maximum absolute atomic E-state index is 13.4. The summed E-state index contributed by atoms with van der Waals surface area (Å²) < 4.78 is 13.4. The first-order valence-corrected chi connectivity index (χ1v) is 8.02. The molecule has 0 radical (unpaired) electrons. The lowest BCUT2D eigenvalue weighted by Crippen LogP contribution is -2.28. The molecular formula is C15H23FN2OS. The number of carbonyl (C=O) groups excluding carboxylic acids is 1. The van der Waals surface area contributed by atoms with E-state index in [2.05, 4.69) is 24.1 Å². The molecule has 0 aliphatic heterocycles. The average Bonchev–Trinajstić information content (AvgIpc) is 2.45. The maximum atomic E-state index is 13.4. The van der Waals surface area contributed by atoms with E-state index in [0.29, 0.717) is 0 Å². The van der Waals surface area contributed by atoms with Crippen molar-refractivity contribution in [3.8, 4) is 0 Å². The molecule has 1 N–H and O–H groups in total. The largest absolute Gasteiger partial charge is 0.323 e. The summed E-state index contributed by atoms with van der Waals surface area (Å²) >= 11 is 1.59. The molecule has 0 heterocycles. The first kappa shape index (κ1) is 17.0. The van der Waals surface area contributed by atoms with Gasteiger partial charge in [-0.05, 0) is 32.1 Å². The van der Waals surface area contributed by atoms with Gasteiger partial charge in [0.05, 0.1) is 10.9 Å². The molecule has 1 atom stereocenters. The van der Waals surface area contributed by atoms with Gasteiger partial charge in [0.1, 0.15) is 5.82 Å². The van der Waals surface area contributed by atoms with E-state index < -0.39 is 5.82 Å². The van der Waals surface area contributed by atoms with Crippen LogP contribution in [-0.4, -0.2) is 41.4 Å². The molecule has 112 valence electrons. The highest BCUT2D eigenvalue weighted by Gasteiger charge is 2.15. The third-order valence-electron chi connectivity index (χ3n) is 3.17. The number of nitrogens with zero attached hydrogens (tertiary/aromatic N) is 1. The monoisotopic (exact) mass is 298 g/mol. The molecule has 1 amide bonds. The Morgan fingerprint density at radius 1 is 1.35 bits per heavy atom. The molecule has 1 aromatic carbocycles. The number of hydrogen-bond acceptors (Lipinski definition) is 3. The smallest absolute Gasteiger partial charge is 0.237 e. The average molecular weight is 298 g/mol. The van der Waals surface area contributed by atoms with Crippen LogP contribution in [0.2, 0.25) is 0 Å². The van der Waals surface area contributed by atoms with Gasteiger partial charge in [0, 0.05) is 12.3 Å². The Labute approximate surface area is 124 Å². The minimum Gasteiger partial charge on any atom is -0.323 e. The molecular weight excluding hydrogens is 275 g/mol. The second kappa shape index (κ2) is 8.97. The van der Waals surface area contributed by atoms with E-state index in [-0.39, 0.29) is 16.8 Å². The molecule has 0 fully saturated rings. The zero-order chi connectivity index (χ0) is 15.0. The SMILES string of the molecule is CCN(CC)CCSC(C)C(=O)Nc1ccccc1F. The minimum absolute atomic E-state index is 0.153. The Morgan fingerprint density at radius 2 is 2.00 bits per heavy atom. The fourth-order valence-electron chi connectivity index (χ4n) is 1.77. The van der Waals surface area contributed by atoms with Crippen molar-refractivity contribution in [3.63, 3.8) is 0 Å². The van der Waals surface area contributed by atoms with Crippen LogP contribution in [-0.2, 0) is 4.79 Å². The maximum Gasteiger partial charge on any atom is 0.237 e. The van der Waals surface area contributed by atoms with E-state index in [9.17, 15) is 9.18 Å². The Morgan fingerprint density at radius 3 is 2.60 bits per heavy atom. The van der Waals surface area contributed by atoms with E-state index in [1.165, 1.54) is 6.07 Å². The summed E-state index contributed by atoms with van der Waals surface area (Å²) in [6, 6.07) is 6.22. The topological polar surface area (TPSA) is 32.3 Å². The van der Waals surface area contributed by atoms with Crippen molar-refractivity contribution in [1.29, 1.82) is 0 Å². The van der Waals surface area contributed by atoms with Gasteiger partial charge in [-0.15, -0.1) is 11.8 Å². The lowest BCUT2D eigenvalue weighted by Gasteiger charge is -2.19. The van der Waals surface area contributed by atoms with E-state index >= 15 is 0 Å². The Bertz CT molecular complexity index is 424. The van der Waals surface area contributed by atoms with Gasteiger partial charge in [-0.3, -0.25) is 4.79 Å². The van der Waals surface area contributed by atoms with Crippen molar-refractivity contribution < 1.29 is 9.18 Å². The molecule has 1 aromatic rings. The van der Waals surface area contributed by atoms with Gasteiger partial charge in [-0.25, -0.2) is 4.39 Å². The number of thioether (sulfide) groups is 1. The van der Waals surface area contributed by atoms with Gasteiger partial charge < -0.3 is 10.2 Å². The molecule has 0 saturated heterocycles. The van der Waals surface area contributed by atoms with Gasteiger partial charge >= 0.3 is 0 Å². The predicted molar refractivity (Wildman–Crippen MR) is 84.7 cm³/mol. The second-order valence-corrected chi connectivity index (χ2v) is 5.96. The van der Waals surface area contributed by atoms with Crippen LogP contribution in [0.5, 0.6) is 0 Å². The standard InChI is InChI=1S/C15H23FN2OS/c1-4-18(5-2)10-11-20-12(3)15(19)17-14-9-7-6-8-13(14)16/h6-9,12H,4-5,10-11H2,1-3H3,(H,17,19). The summed E-state index contributed by atoms with van der Waals surface area (Å²) in [5, 5.41) is 2.44. The number of nitrogens with one attached hydrogen (secondary N) is 1. The summed E-state index contributed by atoms with van der Waals surface area (Å²) in [6.45, 7) is 9.11. The predicted octanol–water partition coefficient (Wildman–Crippen LogP) is 3.23. The highest BCUT2D eigenvalue weighted by Crippen LogP contribution is 2.16. The number of anilines is 1. The number of benzene rings is 1. The first-order valence-electron chi connectivity index (χ1n) is 6.97. The zero-order valence-electron chi connectivity index (χ0n) is 12.4. The van der Waals surface area contributed by atoms with Crippen molar-refractivity contribution >= 4 is 23.4 Å². The van der Waals surface area contributed by atoms with Crippen LogP contribution in [0.15, 0.2) is 24.3 Å². The van der Waals surface area contributed by atoms with Crippen molar-refractivity contribution in [2.75, 3.05) is 30.7 Å². The summed E-state index contributed by atoms with van der Waals surface area (Å²) in [5.41, 5.74) is 0.244. The van der Waals surface area contributed by atoms with Crippen LogP contribution in [0.1, 0.15) is 20.8 Å². The highest BCUT2D eigenvalue weighted by atomic mass is 32.2. The number of para-hydroxylation sites is 1. The third kappa shape index (κ3) is 5.51. The van der Waals surface area contributed by atoms with E-state index in [1.807, 2.05) is 6.92 Å². The fourth-order valence-corrected chi connectivity index (χ4v) is 2.70. The Hall–Kier alpha value is -1.07. The Kier molecular flexibility index (Phi) is 7.62. The summed E-state index contributed by atoms with van der Waals surface area (Å²) in [6.07, 6.45) is 0. The van der Waals surface area contributed by atoms with Gasteiger partial charge in [0.15, 0.2) is 0 Å². The van der Waals surface area contributed by atoms with E-state index in [4.69, 9.17) is 0 Å². The zero-order valence-corrected chi connectivity index (χ0v) is 13.2. The number of halogens is 1. The summed E-state index contributed by atoms with van der Waals surface area (Å²) in [7, 11) is 0. The van der Waals surface area contributed by atoms with Crippen molar-refractivity contribution in [1.82, 2.24) is 4.90 Å². The molecule has 0 bridgehead atoms. The number of rotatable bonds is 8. The number of amides is 1. The molecule has 0 aromatic heterocycles. The van der Waals surface area contributed by atoms with Gasteiger partial charge in [0.2, 0.25) is 5.91 Å². The summed E-state index contributed by atoms with van der Waals surface area (Å²) in [4.78, 5) is 14.3. The Balaban J connectivity index is 2.38. The van der Waals surface area contributed by atoms with Crippen LogP contribution >= 0.6 is 11.8 Å². The van der Waals surface area contributed by atoms with E-state index in [0.717, 1.165) is 25.4 Å². The normalized spacial score (nSPS) is 12.4. The lowest BCUT2D eigenvalue weighted by molar-refractivity contribution is -0.115. The molecule has 3 nitrogen and oxygen atoms in total. The second-order valence-electron chi connectivity index (χ2n) is 4.51. The fraction of sp³-hybridized carbons (Fsp3) is 0.533. The van der Waals surface area contributed by atoms with Crippen LogP contribution < -0.4 is 5.32 Å². The molecule has 5 heteroatoms.